The van der Waals surface area contributed by atoms with E-state index in [1.807, 2.05) is 17.0 Å². The number of urea groups is 1. The van der Waals surface area contributed by atoms with Gasteiger partial charge in [-0.25, -0.2) is 14.8 Å². The Hall–Kier alpha value is -3.60. The minimum absolute atomic E-state index is 0.0223. The lowest BCUT2D eigenvalue weighted by Crippen LogP contribution is -2.52. The quantitative estimate of drug-likeness (QED) is 0.529. The monoisotopic (exact) mass is 521 g/mol. The average Bonchev–Trinajstić information content (AvgIpc) is 2.94. The molecule has 0 radical (unpaired) electrons. The molecule has 0 saturated carbocycles. The van der Waals surface area contributed by atoms with Gasteiger partial charge in [0.25, 0.3) is 5.91 Å². The lowest BCUT2D eigenvalue weighted by Gasteiger charge is -2.36. The predicted octanol–water partition coefficient (Wildman–Crippen LogP) is 2.24. The maximum Gasteiger partial charge on any atom is 0.317 e. The summed E-state index contributed by atoms with van der Waals surface area (Å²) in [6.45, 7) is 7.19. The van der Waals surface area contributed by atoms with Crippen LogP contribution >= 0.6 is 0 Å². The molecule has 1 atom stereocenters. The van der Waals surface area contributed by atoms with Crippen molar-refractivity contribution in [3.05, 3.63) is 36.2 Å². The zero-order valence-corrected chi connectivity index (χ0v) is 22.2. The van der Waals surface area contributed by atoms with Gasteiger partial charge in [0.2, 0.25) is 0 Å². The molecule has 1 aromatic heterocycles. The number of likely N-dealkylation sites (tertiary alicyclic amines) is 1. The van der Waals surface area contributed by atoms with Gasteiger partial charge in [0.1, 0.15) is 5.82 Å². The molecule has 1 aromatic carbocycles. The Morgan fingerprint density at radius 2 is 1.66 bits per heavy atom. The normalized spacial score (nSPS) is 20.8. The molecule has 0 bridgehead atoms. The third-order valence-electron chi connectivity index (χ3n) is 7.71. The van der Waals surface area contributed by atoms with Gasteiger partial charge in [-0.2, -0.15) is 0 Å². The highest BCUT2D eigenvalue weighted by Crippen LogP contribution is 2.25. The molecule has 4 N–H and O–H groups in total. The Morgan fingerprint density at radius 3 is 2.37 bits per heavy atom. The maximum absolute atomic E-state index is 12.7. The molecule has 204 valence electrons. The molecule has 5 rings (SSSR count). The number of carbonyl (C=O) groups excluding carboxylic acids is 2. The van der Waals surface area contributed by atoms with Crippen LogP contribution in [0.15, 0.2) is 30.5 Å². The smallest absolute Gasteiger partial charge is 0.317 e. The third kappa shape index (κ3) is 6.27. The summed E-state index contributed by atoms with van der Waals surface area (Å²) in [4.78, 5) is 42.7. The predicted molar refractivity (Wildman–Crippen MR) is 149 cm³/mol. The van der Waals surface area contributed by atoms with E-state index in [4.69, 9.17) is 10.7 Å². The summed E-state index contributed by atoms with van der Waals surface area (Å²) in [6.07, 6.45) is 6.78. The van der Waals surface area contributed by atoms with E-state index in [-0.39, 0.29) is 17.8 Å². The molecule has 3 fully saturated rings. The summed E-state index contributed by atoms with van der Waals surface area (Å²) in [7, 11) is 2.14. The van der Waals surface area contributed by atoms with Gasteiger partial charge < -0.3 is 36.0 Å². The van der Waals surface area contributed by atoms with E-state index in [0.717, 1.165) is 77.2 Å². The first-order valence-electron chi connectivity index (χ1n) is 13.7. The number of aromatic nitrogens is 2. The lowest BCUT2D eigenvalue weighted by atomic mass is 10.1. The number of piperazine rings is 1. The fourth-order valence-electron chi connectivity index (χ4n) is 5.42. The van der Waals surface area contributed by atoms with Crippen LogP contribution in [0.4, 0.5) is 27.8 Å². The number of piperidine rings is 2. The molecule has 3 amide bonds. The molecule has 0 spiro atoms. The number of nitrogens with two attached hydrogens (primary N) is 1. The standard InChI is InChI=1S/C27H39N9O2/c1-33-14-16-34(17-15-33)22-9-7-20(8-10-22)30-26-24(25(28)37)29-18-23(32-26)36-13-5-6-21(19-36)31-27(38)35-11-3-2-4-12-35/h7-10,18,21H,2-6,11-17,19H2,1H3,(H2,28,37)(H,30,32)(H,31,38). The molecule has 3 saturated heterocycles. The highest BCUT2D eigenvalue weighted by molar-refractivity contribution is 5.96. The first-order valence-corrected chi connectivity index (χ1v) is 13.7. The van der Waals surface area contributed by atoms with Crippen molar-refractivity contribution in [1.29, 1.82) is 0 Å². The molecule has 1 unspecified atom stereocenters. The second-order valence-electron chi connectivity index (χ2n) is 10.5. The summed E-state index contributed by atoms with van der Waals surface area (Å²) in [5.74, 6) is 0.358. The van der Waals surface area contributed by atoms with E-state index in [1.54, 1.807) is 6.20 Å². The molecule has 0 aliphatic carbocycles. The summed E-state index contributed by atoms with van der Waals surface area (Å²) in [5.41, 5.74) is 7.70. The average molecular weight is 522 g/mol. The fraction of sp³-hybridized carbons (Fsp3) is 0.556. The topological polar surface area (TPSA) is 123 Å². The van der Waals surface area contributed by atoms with Crippen LogP contribution < -0.4 is 26.2 Å². The Kier molecular flexibility index (Phi) is 8.11. The van der Waals surface area contributed by atoms with Gasteiger partial charge in [0.15, 0.2) is 11.5 Å². The first kappa shape index (κ1) is 26.0. The number of anilines is 4. The molecular formula is C27H39N9O2. The highest BCUT2D eigenvalue weighted by Gasteiger charge is 2.26. The number of nitrogens with zero attached hydrogens (tertiary/aromatic N) is 6. The fourth-order valence-corrected chi connectivity index (χ4v) is 5.42. The van der Waals surface area contributed by atoms with Gasteiger partial charge >= 0.3 is 6.03 Å². The van der Waals surface area contributed by atoms with Crippen molar-refractivity contribution in [1.82, 2.24) is 25.1 Å². The SMILES string of the molecule is CN1CCN(c2ccc(Nc3nc(N4CCCC(NC(=O)N5CCCCC5)C4)cnc3C(N)=O)cc2)CC1. The van der Waals surface area contributed by atoms with Gasteiger partial charge in [-0.05, 0) is 63.4 Å². The van der Waals surface area contributed by atoms with E-state index in [9.17, 15) is 9.59 Å². The third-order valence-corrected chi connectivity index (χ3v) is 7.71. The van der Waals surface area contributed by atoms with Crippen LogP contribution in [0.2, 0.25) is 0 Å². The number of amides is 3. The molecular weight excluding hydrogens is 482 g/mol. The molecule has 4 heterocycles. The molecule has 2 aromatic rings. The Balaban J connectivity index is 1.26. The van der Waals surface area contributed by atoms with Gasteiger partial charge in [0, 0.05) is 69.8 Å². The van der Waals surface area contributed by atoms with E-state index >= 15 is 0 Å². The van der Waals surface area contributed by atoms with Crippen molar-refractivity contribution in [3.8, 4) is 0 Å². The zero-order chi connectivity index (χ0) is 26.5. The van der Waals surface area contributed by atoms with Gasteiger partial charge in [-0.1, -0.05) is 0 Å². The number of likely N-dealkylation sites (N-methyl/N-ethyl adjacent to an activating group) is 1. The van der Waals surface area contributed by atoms with Crippen molar-refractivity contribution in [2.24, 2.45) is 5.73 Å². The second kappa shape index (κ2) is 11.8. The Morgan fingerprint density at radius 1 is 0.921 bits per heavy atom. The number of hydrogen-bond acceptors (Lipinski definition) is 8. The van der Waals surface area contributed by atoms with Crippen molar-refractivity contribution in [2.75, 3.05) is 74.5 Å². The van der Waals surface area contributed by atoms with E-state index in [2.05, 4.69) is 49.5 Å². The van der Waals surface area contributed by atoms with Crippen molar-refractivity contribution in [2.45, 2.75) is 38.1 Å². The lowest BCUT2D eigenvalue weighted by molar-refractivity contribution is 0.0996. The van der Waals surface area contributed by atoms with Crippen molar-refractivity contribution < 1.29 is 9.59 Å². The van der Waals surface area contributed by atoms with Crippen LogP contribution in [0.5, 0.6) is 0 Å². The number of carbonyl (C=O) groups is 2. The minimum Gasteiger partial charge on any atom is -0.369 e. The minimum atomic E-state index is -0.633. The number of primary amides is 1. The van der Waals surface area contributed by atoms with Crippen molar-refractivity contribution >= 4 is 34.9 Å². The second-order valence-corrected chi connectivity index (χ2v) is 10.5. The van der Waals surface area contributed by atoms with Crippen molar-refractivity contribution in [3.63, 3.8) is 0 Å². The van der Waals surface area contributed by atoms with Gasteiger partial charge in [-0.15, -0.1) is 0 Å². The summed E-state index contributed by atoms with van der Waals surface area (Å²) in [6, 6.07) is 8.19. The van der Waals surface area contributed by atoms with Crippen LogP contribution in [0.25, 0.3) is 0 Å². The van der Waals surface area contributed by atoms with E-state index < -0.39 is 5.91 Å². The van der Waals surface area contributed by atoms with Gasteiger partial charge in [0.05, 0.1) is 6.20 Å². The highest BCUT2D eigenvalue weighted by atomic mass is 16.2. The number of nitrogens with one attached hydrogen (secondary N) is 2. The molecule has 3 aliphatic rings. The first-order chi connectivity index (χ1) is 18.5. The van der Waals surface area contributed by atoms with Crippen LogP contribution in [0.1, 0.15) is 42.6 Å². The number of hydrogen-bond donors (Lipinski definition) is 3. The molecule has 11 nitrogen and oxygen atoms in total. The zero-order valence-electron chi connectivity index (χ0n) is 22.2. The van der Waals surface area contributed by atoms with Crippen LogP contribution in [0.3, 0.4) is 0 Å². The maximum atomic E-state index is 12.7. The largest absolute Gasteiger partial charge is 0.369 e. The molecule has 11 heteroatoms. The van der Waals surface area contributed by atoms with Crippen LogP contribution in [-0.4, -0.2) is 97.2 Å². The Labute approximate surface area is 224 Å². The summed E-state index contributed by atoms with van der Waals surface area (Å²) >= 11 is 0. The summed E-state index contributed by atoms with van der Waals surface area (Å²) in [5, 5.41) is 6.46. The van der Waals surface area contributed by atoms with E-state index in [1.165, 1.54) is 12.1 Å². The van der Waals surface area contributed by atoms with Crippen LogP contribution in [-0.2, 0) is 0 Å². The Bertz CT molecular complexity index is 1110. The number of rotatable bonds is 6. The van der Waals surface area contributed by atoms with E-state index in [0.29, 0.717) is 18.2 Å². The molecule has 38 heavy (non-hydrogen) atoms. The molecule has 3 aliphatic heterocycles. The van der Waals surface area contributed by atoms with Gasteiger partial charge in [-0.3, -0.25) is 4.79 Å². The summed E-state index contributed by atoms with van der Waals surface area (Å²) < 4.78 is 0. The number of benzene rings is 1. The van der Waals surface area contributed by atoms with Crippen LogP contribution in [0, 0.1) is 0 Å².